The van der Waals surface area contributed by atoms with Gasteiger partial charge in [0.1, 0.15) is 11.5 Å². The topological polar surface area (TPSA) is 33.3 Å². The Morgan fingerprint density at radius 2 is 0.610 bits per heavy atom. The van der Waals surface area contributed by atoms with Crippen molar-refractivity contribution < 1.29 is 4.74 Å². The third kappa shape index (κ3) is 7.43. The van der Waals surface area contributed by atoms with E-state index in [4.69, 9.17) is 4.74 Å². The van der Waals surface area contributed by atoms with Crippen molar-refractivity contribution in [3.05, 3.63) is 180 Å². The summed E-state index contributed by atoms with van der Waals surface area (Å²) in [6, 6.07) is 54.3. The fraction of sp³-hybridized carbons (Fsp3) is 0.0526. The summed E-state index contributed by atoms with van der Waals surface area (Å²) in [5.41, 5.74) is 9.40. The van der Waals surface area contributed by atoms with Gasteiger partial charge in [-0.2, -0.15) is 0 Å². The molecule has 0 spiro atoms. The zero-order valence-electron chi connectivity index (χ0n) is 22.8. The third-order valence-corrected chi connectivity index (χ3v) is 6.93. The van der Waals surface area contributed by atoms with E-state index in [0.29, 0.717) is 0 Å². The van der Waals surface area contributed by atoms with Gasteiger partial charge in [-0.25, -0.2) is 0 Å². The number of para-hydroxylation sites is 2. The molecule has 41 heavy (non-hydrogen) atoms. The molecule has 0 aliphatic rings. The quantitative estimate of drug-likeness (QED) is 0.184. The normalized spacial score (nSPS) is 10.6. The zero-order chi connectivity index (χ0) is 27.7. The van der Waals surface area contributed by atoms with Crippen LogP contribution in [0.5, 0.6) is 11.5 Å². The Morgan fingerprint density at radius 3 is 0.951 bits per heavy atom. The molecule has 0 aliphatic heterocycles. The second kappa shape index (κ2) is 12.7. The molecular formula is C38H32N2O. The molecule has 0 saturated carbocycles. The molecule has 0 amide bonds. The van der Waals surface area contributed by atoms with Gasteiger partial charge in [-0.05, 0) is 108 Å². The molecule has 2 N–H and O–H groups in total. The van der Waals surface area contributed by atoms with Crippen LogP contribution in [-0.2, 0) is 12.8 Å². The summed E-state index contributed by atoms with van der Waals surface area (Å²) < 4.78 is 6.12. The lowest BCUT2D eigenvalue weighted by Gasteiger charge is -2.10. The average Bonchev–Trinajstić information content (AvgIpc) is 3.02. The SMILES string of the molecule is c1ccc(Nc2ccc(Cc3ccc(Oc4ccc(Cc5ccc(Nc6ccccc6)cc5)cc4)cc3)cc2)cc1. The predicted molar refractivity (Wildman–Crippen MR) is 171 cm³/mol. The number of hydrogen-bond donors (Lipinski definition) is 2. The number of anilines is 4. The van der Waals surface area contributed by atoms with Gasteiger partial charge < -0.3 is 15.4 Å². The molecule has 0 fully saturated rings. The van der Waals surface area contributed by atoms with Gasteiger partial charge in [-0.15, -0.1) is 0 Å². The molecule has 6 aromatic rings. The van der Waals surface area contributed by atoms with Crippen LogP contribution in [0.3, 0.4) is 0 Å². The van der Waals surface area contributed by atoms with Crippen molar-refractivity contribution in [3.8, 4) is 11.5 Å². The van der Waals surface area contributed by atoms with Crippen LogP contribution in [0.2, 0.25) is 0 Å². The monoisotopic (exact) mass is 532 g/mol. The molecule has 0 heterocycles. The van der Waals surface area contributed by atoms with Gasteiger partial charge >= 0.3 is 0 Å². The molecule has 0 saturated heterocycles. The summed E-state index contributed by atoms with van der Waals surface area (Å²) in [5.74, 6) is 1.68. The van der Waals surface area contributed by atoms with Gasteiger partial charge in [-0.1, -0.05) is 84.9 Å². The van der Waals surface area contributed by atoms with E-state index >= 15 is 0 Å². The van der Waals surface area contributed by atoms with Gasteiger partial charge in [-0.3, -0.25) is 0 Å². The van der Waals surface area contributed by atoms with Crippen LogP contribution in [0.4, 0.5) is 22.7 Å². The minimum Gasteiger partial charge on any atom is -0.457 e. The van der Waals surface area contributed by atoms with E-state index in [1.807, 2.05) is 60.7 Å². The smallest absolute Gasteiger partial charge is 0.127 e. The number of hydrogen-bond acceptors (Lipinski definition) is 3. The van der Waals surface area contributed by atoms with E-state index in [0.717, 1.165) is 47.1 Å². The van der Waals surface area contributed by atoms with Crippen molar-refractivity contribution in [2.75, 3.05) is 10.6 Å². The molecule has 0 aromatic heterocycles. The van der Waals surface area contributed by atoms with Crippen molar-refractivity contribution in [1.29, 1.82) is 0 Å². The number of ether oxygens (including phenoxy) is 1. The van der Waals surface area contributed by atoms with Crippen LogP contribution >= 0.6 is 0 Å². The Balaban J connectivity index is 0.995. The number of rotatable bonds is 10. The lowest BCUT2D eigenvalue weighted by atomic mass is 10.0. The standard InChI is InChI=1S/C38H32N2O/c1-3-7-33(8-4-1)39-35-19-11-29(12-20-35)27-31-15-23-37(24-16-31)41-38-25-17-32(18-26-38)28-30-13-21-36(22-14-30)40-34-9-5-2-6-10-34/h1-26,39-40H,27-28H2. The average molecular weight is 533 g/mol. The lowest BCUT2D eigenvalue weighted by Crippen LogP contribution is -1.93. The number of nitrogens with one attached hydrogen (secondary N) is 2. The van der Waals surface area contributed by atoms with E-state index in [9.17, 15) is 0 Å². The second-order valence-electron chi connectivity index (χ2n) is 10.1. The van der Waals surface area contributed by atoms with Crippen molar-refractivity contribution >= 4 is 22.7 Å². The Hall–Kier alpha value is -5.28. The van der Waals surface area contributed by atoms with Crippen LogP contribution in [0, 0.1) is 0 Å². The minimum absolute atomic E-state index is 0.838. The van der Waals surface area contributed by atoms with Gasteiger partial charge in [0, 0.05) is 22.7 Å². The Bertz CT molecular complexity index is 1520. The first-order valence-corrected chi connectivity index (χ1v) is 13.9. The molecule has 3 heteroatoms. The molecule has 0 unspecified atom stereocenters. The zero-order valence-corrected chi connectivity index (χ0v) is 22.8. The first-order chi connectivity index (χ1) is 20.2. The van der Waals surface area contributed by atoms with Crippen molar-refractivity contribution in [1.82, 2.24) is 0 Å². The molecule has 200 valence electrons. The summed E-state index contributed by atoms with van der Waals surface area (Å²) in [6.07, 6.45) is 1.76. The molecule has 6 aromatic carbocycles. The van der Waals surface area contributed by atoms with Crippen LogP contribution < -0.4 is 15.4 Å². The van der Waals surface area contributed by atoms with Crippen molar-refractivity contribution in [3.63, 3.8) is 0 Å². The molecule has 0 aliphatic carbocycles. The van der Waals surface area contributed by atoms with Gasteiger partial charge in [0.25, 0.3) is 0 Å². The Morgan fingerprint density at radius 1 is 0.317 bits per heavy atom. The fourth-order valence-electron chi connectivity index (χ4n) is 4.75. The fourth-order valence-corrected chi connectivity index (χ4v) is 4.75. The predicted octanol–water partition coefficient (Wildman–Crippen LogP) is 10.1. The lowest BCUT2D eigenvalue weighted by molar-refractivity contribution is 0.482. The number of benzene rings is 6. The van der Waals surface area contributed by atoms with Crippen molar-refractivity contribution in [2.45, 2.75) is 12.8 Å². The highest BCUT2D eigenvalue weighted by atomic mass is 16.5. The van der Waals surface area contributed by atoms with E-state index in [-0.39, 0.29) is 0 Å². The Kier molecular flexibility index (Phi) is 8.05. The van der Waals surface area contributed by atoms with Gasteiger partial charge in [0.05, 0.1) is 0 Å². The van der Waals surface area contributed by atoms with Crippen LogP contribution in [0.25, 0.3) is 0 Å². The summed E-state index contributed by atoms with van der Waals surface area (Å²) in [7, 11) is 0. The maximum atomic E-state index is 6.12. The van der Waals surface area contributed by atoms with Crippen LogP contribution in [-0.4, -0.2) is 0 Å². The highest BCUT2D eigenvalue weighted by Gasteiger charge is 2.03. The van der Waals surface area contributed by atoms with Crippen LogP contribution in [0.15, 0.2) is 158 Å². The maximum absolute atomic E-state index is 6.12. The summed E-state index contributed by atoms with van der Waals surface area (Å²) in [6.45, 7) is 0. The van der Waals surface area contributed by atoms with Crippen molar-refractivity contribution in [2.24, 2.45) is 0 Å². The van der Waals surface area contributed by atoms with E-state index in [1.165, 1.54) is 22.3 Å². The maximum Gasteiger partial charge on any atom is 0.127 e. The van der Waals surface area contributed by atoms with E-state index in [2.05, 4.69) is 108 Å². The van der Waals surface area contributed by atoms with E-state index < -0.39 is 0 Å². The molecule has 0 atom stereocenters. The van der Waals surface area contributed by atoms with E-state index in [1.54, 1.807) is 0 Å². The highest BCUT2D eigenvalue weighted by Crippen LogP contribution is 2.25. The van der Waals surface area contributed by atoms with Crippen LogP contribution in [0.1, 0.15) is 22.3 Å². The first kappa shape index (κ1) is 26.0. The first-order valence-electron chi connectivity index (χ1n) is 13.9. The molecule has 6 rings (SSSR count). The highest BCUT2D eigenvalue weighted by molar-refractivity contribution is 5.60. The molecular weight excluding hydrogens is 500 g/mol. The largest absolute Gasteiger partial charge is 0.457 e. The second-order valence-corrected chi connectivity index (χ2v) is 10.1. The third-order valence-electron chi connectivity index (χ3n) is 6.93. The Labute approximate surface area is 242 Å². The summed E-state index contributed by atoms with van der Waals surface area (Å²) in [5, 5.41) is 6.86. The van der Waals surface area contributed by atoms with Gasteiger partial charge in [0.15, 0.2) is 0 Å². The molecule has 3 nitrogen and oxygen atoms in total. The van der Waals surface area contributed by atoms with Gasteiger partial charge in [0.2, 0.25) is 0 Å². The minimum atomic E-state index is 0.838. The summed E-state index contributed by atoms with van der Waals surface area (Å²) in [4.78, 5) is 0. The molecule has 0 radical (unpaired) electrons. The summed E-state index contributed by atoms with van der Waals surface area (Å²) >= 11 is 0. The molecule has 0 bridgehead atoms.